The van der Waals surface area contributed by atoms with Gasteiger partial charge in [-0.1, -0.05) is 217 Å². The molecule has 0 aromatic carbocycles. The summed E-state index contributed by atoms with van der Waals surface area (Å²) in [7, 11) is 0. The van der Waals surface area contributed by atoms with Crippen LogP contribution in [0.2, 0.25) is 0 Å². The van der Waals surface area contributed by atoms with Gasteiger partial charge in [-0.25, -0.2) is 0 Å². The van der Waals surface area contributed by atoms with Crippen molar-refractivity contribution < 1.29 is 89.4 Å². The molecule has 17 unspecified atom stereocenters. The van der Waals surface area contributed by atoms with Crippen LogP contribution in [0, 0.1) is 0 Å². The molecule has 3 aliphatic rings. The van der Waals surface area contributed by atoms with E-state index in [9.17, 15) is 61.0 Å². The SMILES string of the molecule is CC/C=C\C/C=C\C/C=C\C/C=C\C/C=C\C/C=C\C/C=C\C/C=C\C/C=C\CCCCCCCCCCCC(=O)NC(COC1OC(CO)C(OC2OC(CO)C(OC3OC(CO)C(O)C(O)C3O)C(O)C2O)C(O)C1O)C(O)/C=C/CC/C=C/CC/C=C/CCCCC. The van der Waals surface area contributed by atoms with Crippen LogP contribution >= 0.6 is 0 Å². The van der Waals surface area contributed by atoms with Crippen molar-refractivity contribution >= 4 is 5.91 Å². The summed E-state index contributed by atoms with van der Waals surface area (Å²) in [6, 6.07) is -1.01. The minimum absolute atomic E-state index is 0.214. The van der Waals surface area contributed by atoms with Gasteiger partial charge in [-0.15, -0.1) is 0 Å². The van der Waals surface area contributed by atoms with Gasteiger partial charge < -0.3 is 89.9 Å². The van der Waals surface area contributed by atoms with Crippen molar-refractivity contribution in [2.45, 2.75) is 298 Å². The Kier molecular flexibility index (Phi) is 49.6. The Bertz CT molecular complexity index is 2290. The summed E-state index contributed by atoms with van der Waals surface area (Å²) in [5.41, 5.74) is 0. The molecular weight excluding hydrogens is 1210 g/mol. The van der Waals surface area contributed by atoms with Gasteiger partial charge in [0, 0.05) is 6.42 Å². The zero-order valence-electron chi connectivity index (χ0n) is 57.1. The Morgan fingerprint density at radius 1 is 0.389 bits per heavy atom. The van der Waals surface area contributed by atoms with Crippen LogP contribution in [0.5, 0.6) is 0 Å². The average molecular weight is 1340 g/mol. The van der Waals surface area contributed by atoms with E-state index in [1.807, 2.05) is 6.08 Å². The fourth-order valence-electron chi connectivity index (χ4n) is 10.9. The number of allylic oxidation sites excluding steroid dienone is 23. The summed E-state index contributed by atoms with van der Waals surface area (Å²) in [5, 5.41) is 120. The Hall–Kier alpha value is -4.33. The molecule has 540 valence electrons. The highest BCUT2D eigenvalue weighted by molar-refractivity contribution is 5.76. The molecule has 3 saturated heterocycles. The largest absolute Gasteiger partial charge is 0.394 e. The second-order valence-electron chi connectivity index (χ2n) is 24.6. The normalized spacial score (nSPS) is 28.1. The van der Waals surface area contributed by atoms with Gasteiger partial charge in [-0.2, -0.15) is 0 Å². The number of rotatable bonds is 52. The predicted octanol–water partition coefficient (Wildman–Crippen LogP) is 9.93. The second kappa shape index (κ2) is 55.5. The summed E-state index contributed by atoms with van der Waals surface area (Å²) in [6.45, 7) is 1.51. The number of aliphatic hydroxyl groups is 11. The van der Waals surface area contributed by atoms with E-state index in [0.717, 1.165) is 116 Å². The van der Waals surface area contributed by atoms with E-state index < -0.39 is 124 Å². The summed E-state index contributed by atoms with van der Waals surface area (Å²) >= 11 is 0. The van der Waals surface area contributed by atoms with Gasteiger partial charge in [0.2, 0.25) is 5.91 Å². The lowest BCUT2D eigenvalue weighted by Crippen LogP contribution is -2.66. The molecule has 0 aromatic heterocycles. The first-order valence-electron chi connectivity index (χ1n) is 35.6. The molecule has 95 heavy (non-hydrogen) atoms. The fraction of sp³-hybridized carbons (Fsp3) is 0.671. The lowest BCUT2D eigenvalue weighted by molar-refractivity contribution is -0.379. The third-order valence-corrected chi connectivity index (χ3v) is 16.6. The number of hydrogen-bond donors (Lipinski definition) is 12. The maximum absolute atomic E-state index is 13.4. The van der Waals surface area contributed by atoms with Crippen molar-refractivity contribution in [3.63, 3.8) is 0 Å². The van der Waals surface area contributed by atoms with Crippen molar-refractivity contribution in [2.75, 3.05) is 26.4 Å². The number of carbonyl (C=O) groups excluding carboxylic acids is 1. The molecule has 0 spiro atoms. The number of unbranched alkanes of at least 4 members (excludes halogenated alkanes) is 14. The standard InChI is InChI=1S/C76H123NO18/c1-3-5-7-9-11-13-15-17-18-19-20-21-22-23-24-25-26-27-28-29-30-31-32-33-34-35-36-37-38-39-40-42-44-46-48-50-52-54-64(82)77-59(60(81)53-51-49-47-45-43-41-16-14-12-10-8-6-4-2)58-90-74-70(88)67(85)72(62(56-79)92-74)95-76-71(89)68(86)73(63(57-80)93-76)94-75-69(87)66(84)65(83)61(55-78)91-75/h5,7,11-14,17-18,20-21,23-24,26-27,29-30,32-33,35-36,43,45,51,53,59-63,65-76,78-81,83-89H,3-4,6,8-10,15-16,19,22,25,28,31,34,37-42,44,46-50,52,54-58H2,1-2H3,(H,77,82)/b7-5-,13-11-,14-12+,18-17-,21-20-,24-23-,27-26-,30-29-,33-32-,36-35-,45-43+,53-51+. The molecule has 0 aliphatic carbocycles. The smallest absolute Gasteiger partial charge is 0.220 e. The van der Waals surface area contributed by atoms with Gasteiger partial charge >= 0.3 is 0 Å². The molecule has 1 amide bonds. The highest BCUT2D eigenvalue weighted by Crippen LogP contribution is 2.33. The minimum Gasteiger partial charge on any atom is -0.394 e. The summed E-state index contributed by atoms with van der Waals surface area (Å²) in [5.74, 6) is -0.305. The fourth-order valence-corrected chi connectivity index (χ4v) is 10.9. The number of carbonyl (C=O) groups is 1. The highest BCUT2D eigenvalue weighted by atomic mass is 16.8. The number of amides is 1. The minimum atomic E-state index is -1.99. The molecule has 0 bridgehead atoms. The molecule has 3 rings (SSSR count). The van der Waals surface area contributed by atoms with E-state index >= 15 is 0 Å². The van der Waals surface area contributed by atoms with Crippen LogP contribution in [0.3, 0.4) is 0 Å². The maximum atomic E-state index is 13.4. The van der Waals surface area contributed by atoms with Crippen molar-refractivity contribution in [1.82, 2.24) is 5.32 Å². The molecule has 0 radical (unpaired) electrons. The molecule has 3 heterocycles. The third-order valence-electron chi connectivity index (χ3n) is 16.6. The van der Waals surface area contributed by atoms with Crippen LogP contribution in [-0.4, -0.2) is 193 Å². The molecule has 19 nitrogen and oxygen atoms in total. The highest BCUT2D eigenvalue weighted by Gasteiger charge is 2.53. The van der Waals surface area contributed by atoms with E-state index in [4.69, 9.17) is 28.4 Å². The van der Waals surface area contributed by atoms with Crippen molar-refractivity contribution in [1.29, 1.82) is 0 Å². The lowest BCUT2D eigenvalue weighted by atomic mass is 9.96. The molecule has 0 aromatic rings. The van der Waals surface area contributed by atoms with Crippen LogP contribution in [0.1, 0.15) is 194 Å². The summed E-state index contributed by atoms with van der Waals surface area (Å²) < 4.78 is 34.3. The average Bonchev–Trinajstić information content (AvgIpc) is 0.791. The Morgan fingerprint density at radius 2 is 0.737 bits per heavy atom. The monoisotopic (exact) mass is 1340 g/mol. The molecule has 0 saturated carbocycles. The Morgan fingerprint density at radius 3 is 1.18 bits per heavy atom. The van der Waals surface area contributed by atoms with Crippen molar-refractivity contribution in [3.05, 3.63) is 146 Å². The van der Waals surface area contributed by atoms with E-state index in [-0.39, 0.29) is 18.9 Å². The van der Waals surface area contributed by atoms with Gasteiger partial charge in [-0.05, 0) is 116 Å². The third kappa shape index (κ3) is 36.9. The molecule has 17 atom stereocenters. The zero-order chi connectivity index (χ0) is 68.9. The number of hydrogen-bond acceptors (Lipinski definition) is 18. The topological polar surface area (TPSA) is 307 Å². The van der Waals surface area contributed by atoms with Gasteiger partial charge in [0.1, 0.15) is 73.2 Å². The molecule has 3 fully saturated rings. The van der Waals surface area contributed by atoms with Crippen molar-refractivity contribution in [3.8, 4) is 0 Å². The van der Waals surface area contributed by atoms with Gasteiger partial charge in [0.05, 0.1) is 38.6 Å². The zero-order valence-corrected chi connectivity index (χ0v) is 57.1. The predicted molar refractivity (Wildman–Crippen MR) is 373 cm³/mol. The van der Waals surface area contributed by atoms with Gasteiger partial charge in [0.15, 0.2) is 18.9 Å². The number of ether oxygens (including phenoxy) is 6. The summed E-state index contributed by atoms with van der Waals surface area (Å²) in [4.78, 5) is 13.4. The van der Waals surface area contributed by atoms with Crippen molar-refractivity contribution in [2.24, 2.45) is 0 Å². The van der Waals surface area contributed by atoms with Crippen LogP contribution < -0.4 is 5.32 Å². The second-order valence-corrected chi connectivity index (χ2v) is 24.6. The molecule has 19 heteroatoms. The summed E-state index contributed by atoms with van der Waals surface area (Å²) in [6.07, 6.45) is 52.6. The Labute approximate surface area is 568 Å². The first-order chi connectivity index (χ1) is 46.3. The first-order valence-corrected chi connectivity index (χ1v) is 35.6. The molecular formula is C76H123NO18. The number of nitrogens with one attached hydrogen (secondary N) is 1. The van der Waals surface area contributed by atoms with Crippen LogP contribution in [-0.2, 0) is 33.2 Å². The maximum Gasteiger partial charge on any atom is 0.220 e. The van der Waals surface area contributed by atoms with E-state index in [0.29, 0.717) is 12.8 Å². The van der Waals surface area contributed by atoms with E-state index in [2.05, 4.69) is 153 Å². The van der Waals surface area contributed by atoms with Crippen LogP contribution in [0.25, 0.3) is 0 Å². The Balaban J connectivity index is 1.36. The molecule has 3 aliphatic heterocycles. The first kappa shape index (κ1) is 84.9. The van der Waals surface area contributed by atoms with Gasteiger partial charge in [0.25, 0.3) is 0 Å². The number of aliphatic hydroxyl groups excluding tert-OH is 11. The van der Waals surface area contributed by atoms with Gasteiger partial charge in [-0.3, -0.25) is 4.79 Å². The quantitative estimate of drug-likeness (QED) is 0.0199. The van der Waals surface area contributed by atoms with E-state index in [1.165, 1.54) is 44.9 Å². The molecule has 12 N–H and O–H groups in total. The van der Waals surface area contributed by atoms with E-state index in [1.54, 1.807) is 6.08 Å². The van der Waals surface area contributed by atoms with Crippen LogP contribution in [0.4, 0.5) is 0 Å². The lowest BCUT2D eigenvalue weighted by Gasteiger charge is -2.48. The van der Waals surface area contributed by atoms with Crippen LogP contribution in [0.15, 0.2) is 146 Å².